The van der Waals surface area contributed by atoms with Crippen LogP contribution in [-0.4, -0.2) is 17.2 Å². The minimum absolute atomic E-state index is 0.113. The van der Waals surface area contributed by atoms with Crippen LogP contribution in [0, 0.1) is 0 Å². The van der Waals surface area contributed by atoms with Crippen molar-refractivity contribution in [2.75, 3.05) is 0 Å². The molecule has 1 atom stereocenters. The molecule has 23 heavy (non-hydrogen) atoms. The summed E-state index contributed by atoms with van der Waals surface area (Å²) in [6.45, 7) is 0.113. The molecule has 2 aromatic rings. The largest absolute Gasteiger partial charge is 0.481 e. The first-order valence-corrected chi connectivity index (χ1v) is 7.37. The number of carbonyl (C=O) groups excluding carboxylic acids is 1. The second-order valence-corrected chi connectivity index (χ2v) is 5.35. The zero-order chi connectivity index (χ0) is 16.7. The van der Waals surface area contributed by atoms with Crippen molar-refractivity contribution in [2.45, 2.75) is 19.1 Å². The number of hydrogen-bond acceptors (Lipinski definition) is 3. The average Bonchev–Trinajstić information content (AvgIpc) is 2.53. The van der Waals surface area contributed by atoms with E-state index in [-0.39, 0.29) is 13.0 Å². The zero-order valence-corrected chi connectivity index (χ0v) is 13.0. The number of ether oxygens (including phenoxy) is 1. The molecule has 1 amide bonds. The van der Waals surface area contributed by atoms with Crippen LogP contribution >= 0.6 is 11.6 Å². The van der Waals surface area contributed by atoms with Gasteiger partial charge in [0, 0.05) is 5.02 Å². The minimum Gasteiger partial charge on any atom is -0.481 e. The number of halogens is 1. The summed E-state index contributed by atoms with van der Waals surface area (Å²) >= 11 is 5.91. The van der Waals surface area contributed by atoms with Crippen molar-refractivity contribution in [2.24, 2.45) is 0 Å². The molecule has 2 aromatic carbocycles. The molecule has 0 saturated heterocycles. The molecule has 0 aliphatic carbocycles. The summed E-state index contributed by atoms with van der Waals surface area (Å²) in [5, 5.41) is 12.0. The number of rotatable bonds is 6. The van der Waals surface area contributed by atoms with Gasteiger partial charge in [0.15, 0.2) is 0 Å². The van der Waals surface area contributed by atoms with E-state index in [1.54, 1.807) is 24.3 Å². The first-order chi connectivity index (χ1) is 11.0. The SMILES string of the molecule is O=C(O)CC(NC(=O)OCc1ccccc1)c1cccc(Cl)c1. The number of carbonyl (C=O) groups is 2. The van der Waals surface area contributed by atoms with Crippen LogP contribution in [-0.2, 0) is 16.1 Å². The van der Waals surface area contributed by atoms with Crippen LogP contribution in [0.1, 0.15) is 23.6 Å². The number of alkyl carbamates (subject to hydrolysis) is 1. The lowest BCUT2D eigenvalue weighted by Gasteiger charge is -2.17. The number of carboxylic acids is 1. The Morgan fingerprint density at radius 2 is 1.87 bits per heavy atom. The highest BCUT2D eigenvalue weighted by Crippen LogP contribution is 2.21. The van der Waals surface area contributed by atoms with Gasteiger partial charge < -0.3 is 15.2 Å². The molecule has 0 aromatic heterocycles. The van der Waals surface area contributed by atoms with E-state index in [0.29, 0.717) is 10.6 Å². The number of aliphatic carboxylic acids is 1. The van der Waals surface area contributed by atoms with Gasteiger partial charge >= 0.3 is 12.1 Å². The van der Waals surface area contributed by atoms with Gasteiger partial charge in [-0.2, -0.15) is 0 Å². The van der Waals surface area contributed by atoms with E-state index in [2.05, 4.69) is 5.32 Å². The predicted octanol–water partition coefficient (Wildman–Crippen LogP) is 3.78. The lowest BCUT2D eigenvalue weighted by Crippen LogP contribution is -2.30. The van der Waals surface area contributed by atoms with Crippen molar-refractivity contribution in [3.63, 3.8) is 0 Å². The molecule has 0 bridgehead atoms. The summed E-state index contributed by atoms with van der Waals surface area (Å²) < 4.78 is 5.12. The molecule has 0 aliphatic rings. The molecule has 0 spiro atoms. The number of amides is 1. The maximum absolute atomic E-state index is 11.9. The second-order valence-electron chi connectivity index (χ2n) is 4.91. The Morgan fingerprint density at radius 1 is 1.13 bits per heavy atom. The van der Waals surface area contributed by atoms with Gasteiger partial charge in [0.2, 0.25) is 0 Å². The van der Waals surface area contributed by atoms with Gasteiger partial charge in [0.1, 0.15) is 6.61 Å². The fourth-order valence-electron chi connectivity index (χ4n) is 2.06. The van der Waals surface area contributed by atoms with Crippen LogP contribution in [0.4, 0.5) is 4.79 Å². The molecule has 0 radical (unpaired) electrons. The second kappa shape index (κ2) is 8.19. The topological polar surface area (TPSA) is 75.6 Å². The van der Waals surface area contributed by atoms with Gasteiger partial charge in [-0.25, -0.2) is 4.79 Å². The fraction of sp³-hybridized carbons (Fsp3) is 0.176. The van der Waals surface area contributed by atoms with Crippen molar-refractivity contribution in [1.29, 1.82) is 0 Å². The normalized spacial score (nSPS) is 11.5. The van der Waals surface area contributed by atoms with Crippen LogP contribution in [0.2, 0.25) is 5.02 Å². The Kier molecular flexibility index (Phi) is 6.00. The smallest absolute Gasteiger partial charge is 0.407 e. The summed E-state index contributed by atoms with van der Waals surface area (Å²) in [5.74, 6) is -1.03. The molecule has 0 saturated carbocycles. The maximum atomic E-state index is 11.9. The Morgan fingerprint density at radius 3 is 2.52 bits per heavy atom. The first kappa shape index (κ1) is 16.8. The van der Waals surface area contributed by atoms with Crippen LogP contribution in [0.3, 0.4) is 0 Å². The van der Waals surface area contributed by atoms with Crippen LogP contribution in [0.25, 0.3) is 0 Å². The number of hydrogen-bond donors (Lipinski definition) is 2. The van der Waals surface area contributed by atoms with Crippen LogP contribution < -0.4 is 5.32 Å². The third-order valence-electron chi connectivity index (χ3n) is 3.13. The molecule has 0 fully saturated rings. The number of nitrogens with one attached hydrogen (secondary N) is 1. The Labute approximate surface area is 138 Å². The van der Waals surface area contributed by atoms with Crippen molar-refractivity contribution >= 4 is 23.7 Å². The lowest BCUT2D eigenvalue weighted by atomic mass is 10.0. The van der Waals surface area contributed by atoms with Gasteiger partial charge in [-0.3, -0.25) is 4.79 Å². The molecule has 5 nitrogen and oxygen atoms in total. The molecule has 1 unspecified atom stereocenters. The molecular weight excluding hydrogens is 318 g/mol. The van der Waals surface area contributed by atoms with E-state index in [0.717, 1.165) is 5.56 Å². The van der Waals surface area contributed by atoms with Gasteiger partial charge in [0.05, 0.1) is 12.5 Å². The van der Waals surface area contributed by atoms with Gasteiger partial charge in [-0.05, 0) is 23.3 Å². The standard InChI is InChI=1S/C17H16ClNO4/c18-14-8-4-7-13(9-14)15(10-16(20)21)19-17(22)23-11-12-5-2-1-3-6-12/h1-9,15H,10-11H2,(H,19,22)(H,20,21). The van der Waals surface area contributed by atoms with Crippen molar-refractivity contribution in [3.05, 3.63) is 70.7 Å². The molecule has 6 heteroatoms. The maximum Gasteiger partial charge on any atom is 0.407 e. The molecule has 2 N–H and O–H groups in total. The minimum atomic E-state index is -1.03. The molecule has 0 aliphatic heterocycles. The Hall–Kier alpha value is -2.53. The summed E-state index contributed by atoms with van der Waals surface area (Å²) in [6, 6.07) is 15.2. The monoisotopic (exact) mass is 333 g/mol. The molecular formula is C17H16ClNO4. The van der Waals surface area contributed by atoms with E-state index >= 15 is 0 Å². The first-order valence-electron chi connectivity index (χ1n) is 6.99. The molecule has 0 heterocycles. The highest BCUT2D eigenvalue weighted by Gasteiger charge is 2.19. The van der Waals surface area contributed by atoms with Crippen LogP contribution in [0.5, 0.6) is 0 Å². The molecule has 2 rings (SSSR count). The average molecular weight is 334 g/mol. The fourth-order valence-corrected chi connectivity index (χ4v) is 2.26. The third-order valence-corrected chi connectivity index (χ3v) is 3.37. The Balaban J connectivity index is 1.99. The van der Waals surface area contributed by atoms with Crippen molar-refractivity contribution in [3.8, 4) is 0 Å². The third kappa shape index (κ3) is 5.64. The van der Waals surface area contributed by atoms with E-state index in [1.807, 2.05) is 30.3 Å². The summed E-state index contributed by atoms with van der Waals surface area (Å²) in [7, 11) is 0. The summed E-state index contributed by atoms with van der Waals surface area (Å²) in [4.78, 5) is 22.9. The van der Waals surface area contributed by atoms with E-state index in [1.165, 1.54) is 0 Å². The van der Waals surface area contributed by atoms with Gasteiger partial charge in [-0.15, -0.1) is 0 Å². The van der Waals surface area contributed by atoms with E-state index < -0.39 is 18.1 Å². The summed E-state index contributed by atoms with van der Waals surface area (Å²) in [5.41, 5.74) is 1.46. The highest BCUT2D eigenvalue weighted by molar-refractivity contribution is 6.30. The van der Waals surface area contributed by atoms with Gasteiger partial charge in [-0.1, -0.05) is 54.1 Å². The van der Waals surface area contributed by atoms with E-state index in [4.69, 9.17) is 21.4 Å². The van der Waals surface area contributed by atoms with Crippen molar-refractivity contribution < 1.29 is 19.4 Å². The summed E-state index contributed by atoms with van der Waals surface area (Å²) in [6.07, 6.45) is -0.944. The molecule has 120 valence electrons. The Bertz CT molecular complexity index is 675. The van der Waals surface area contributed by atoms with Crippen LogP contribution in [0.15, 0.2) is 54.6 Å². The quantitative estimate of drug-likeness (QED) is 0.843. The number of benzene rings is 2. The van der Waals surface area contributed by atoms with E-state index in [9.17, 15) is 9.59 Å². The highest BCUT2D eigenvalue weighted by atomic mass is 35.5. The zero-order valence-electron chi connectivity index (χ0n) is 12.2. The lowest BCUT2D eigenvalue weighted by molar-refractivity contribution is -0.137. The van der Waals surface area contributed by atoms with Gasteiger partial charge in [0.25, 0.3) is 0 Å². The predicted molar refractivity (Wildman–Crippen MR) is 86.2 cm³/mol. The number of carboxylic acid groups (broad SMARTS) is 1. The van der Waals surface area contributed by atoms with Crippen molar-refractivity contribution in [1.82, 2.24) is 5.32 Å².